The molecule has 1 aromatic rings. The minimum Gasteiger partial charge on any atom is -0.384 e. The summed E-state index contributed by atoms with van der Waals surface area (Å²) in [5, 5.41) is 5.64. The lowest BCUT2D eigenvalue weighted by Crippen LogP contribution is -2.41. The van der Waals surface area contributed by atoms with Crippen molar-refractivity contribution in [1.29, 1.82) is 0 Å². The van der Waals surface area contributed by atoms with Gasteiger partial charge in [-0.2, -0.15) is 0 Å². The lowest BCUT2D eigenvalue weighted by molar-refractivity contribution is -0.122. The SMILES string of the molecule is COCCC(=O)NCCC1CCN(C(=O)Nc2ccc(C)c(F)c2)CC1. The molecule has 0 saturated carbocycles. The zero-order valence-corrected chi connectivity index (χ0v) is 15.5. The van der Waals surface area contributed by atoms with E-state index in [4.69, 9.17) is 4.74 Å². The fourth-order valence-electron chi connectivity index (χ4n) is 3.00. The van der Waals surface area contributed by atoms with Crippen molar-refractivity contribution in [2.45, 2.75) is 32.6 Å². The molecule has 0 spiro atoms. The Bertz CT molecular complexity index is 616. The van der Waals surface area contributed by atoms with E-state index in [1.165, 1.54) is 6.07 Å². The van der Waals surface area contributed by atoms with Crippen LogP contribution in [0.25, 0.3) is 0 Å². The van der Waals surface area contributed by atoms with Crippen LogP contribution < -0.4 is 10.6 Å². The Morgan fingerprint density at radius 2 is 2.04 bits per heavy atom. The first-order valence-corrected chi connectivity index (χ1v) is 9.07. The number of aryl methyl sites for hydroxylation is 1. The Balaban J connectivity index is 1.68. The third-order valence-corrected chi connectivity index (χ3v) is 4.73. The van der Waals surface area contributed by atoms with Crippen LogP contribution in [0, 0.1) is 18.7 Å². The highest BCUT2D eigenvalue weighted by molar-refractivity contribution is 5.89. The Morgan fingerprint density at radius 1 is 1.31 bits per heavy atom. The number of carbonyl (C=O) groups excluding carboxylic acids is 2. The van der Waals surface area contributed by atoms with Crippen molar-refractivity contribution in [1.82, 2.24) is 10.2 Å². The normalized spacial score (nSPS) is 15.0. The molecule has 0 aliphatic carbocycles. The van der Waals surface area contributed by atoms with E-state index in [1.54, 1.807) is 31.1 Å². The predicted molar refractivity (Wildman–Crippen MR) is 98.6 cm³/mol. The second kappa shape index (κ2) is 10.1. The van der Waals surface area contributed by atoms with Gasteiger partial charge in [-0.3, -0.25) is 4.79 Å². The first kappa shape index (κ1) is 20.2. The van der Waals surface area contributed by atoms with E-state index in [0.717, 1.165) is 19.3 Å². The lowest BCUT2D eigenvalue weighted by Gasteiger charge is -2.32. The molecule has 0 aromatic heterocycles. The van der Waals surface area contributed by atoms with Crippen LogP contribution >= 0.6 is 0 Å². The molecular formula is C19H28FN3O3. The summed E-state index contributed by atoms with van der Waals surface area (Å²) in [6.45, 7) is 4.11. The number of ether oxygens (including phenoxy) is 1. The molecule has 1 fully saturated rings. The molecule has 0 atom stereocenters. The zero-order chi connectivity index (χ0) is 18.9. The molecular weight excluding hydrogens is 337 g/mol. The van der Waals surface area contributed by atoms with Crippen LogP contribution in [0.2, 0.25) is 0 Å². The molecule has 26 heavy (non-hydrogen) atoms. The van der Waals surface area contributed by atoms with Gasteiger partial charge in [0.05, 0.1) is 6.61 Å². The number of benzene rings is 1. The number of nitrogens with zero attached hydrogens (tertiary/aromatic N) is 1. The molecule has 1 aliphatic heterocycles. The van der Waals surface area contributed by atoms with Gasteiger partial charge in [-0.1, -0.05) is 6.07 Å². The first-order valence-electron chi connectivity index (χ1n) is 9.07. The summed E-state index contributed by atoms with van der Waals surface area (Å²) < 4.78 is 18.4. The van der Waals surface area contributed by atoms with Gasteiger partial charge in [0.1, 0.15) is 5.82 Å². The average Bonchev–Trinajstić information content (AvgIpc) is 2.63. The second-order valence-electron chi connectivity index (χ2n) is 6.71. The van der Waals surface area contributed by atoms with Crippen LogP contribution in [0.5, 0.6) is 0 Å². The van der Waals surface area contributed by atoms with Crippen LogP contribution in [-0.4, -0.2) is 50.2 Å². The smallest absolute Gasteiger partial charge is 0.321 e. The van der Waals surface area contributed by atoms with Crippen LogP contribution in [0.4, 0.5) is 14.9 Å². The summed E-state index contributed by atoms with van der Waals surface area (Å²) in [6, 6.07) is 4.50. The third-order valence-electron chi connectivity index (χ3n) is 4.73. The number of urea groups is 1. The quantitative estimate of drug-likeness (QED) is 0.780. The summed E-state index contributed by atoms with van der Waals surface area (Å²) in [5.74, 6) is 0.182. The molecule has 2 rings (SSSR count). The van der Waals surface area contributed by atoms with Crippen molar-refractivity contribution in [3.63, 3.8) is 0 Å². The van der Waals surface area contributed by atoms with Gasteiger partial charge in [0.2, 0.25) is 5.91 Å². The number of anilines is 1. The monoisotopic (exact) mass is 365 g/mol. The number of rotatable bonds is 7. The minimum atomic E-state index is -0.325. The first-order chi connectivity index (χ1) is 12.5. The maximum absolute atomic E-state index is 13.6. The summed E-state index contributed by atoms with van der Waals surface area (Å²) >= 11 is 0. The van der Waals surface area contributed by atoms with Crippen molar-refractivity contribution < 1.29 is 18.7 Å². The zero-order valence-electron chi connectivity index (χ0n) is 15.5. The van der Waals surface area contributed by atoms with E-state index in [2.05, 4.69) is 10.6 Å². The van der Waals surface area contributed by atoms with E-state index in [0.29, 0.717) is 49.8 Å². The molecule has 1 aromatic carbocycles. The van der Waals surface area contributed by atoms with Crippen LogP contribution in [-0.2, 0) is 9.53 Å². The van der Waals surface area contributed by atoms with E-state index in [9.17, 15) is 14.0 Å². The number of halogens is 1. The van der Waals surface area contributed by atoms with Gasteiger partial charge in [0.25, 0.3) is 0 Å². The van der Waals surface area contributed by atoms with Gasteiger partial charge in [-0.25, -0.2) is 9.18 Å². The number of hydrogen-bond donors (Lipinski definition) is 2. The number of carbonyl (C=O) groups is 2. The molecule has 0 radical (unpaired) electrons. The van der Waals surface area contributed by atoms with Crippen LogP contribution in [0.1, 0.15) is 31.2 Å². The molecule has 1 aliphatic rings. The molecule has 2 N–H and O–H groups in total. The van der Waals surface area contributed by atoms with E-state index in [1.807, 2.05) is 0 Å². The van der Waals surface area contributed by atoms with Crippen LogP contribution in [0.15, 0.2) is 18.2 Å². The van der Waals surface area contributed by atoms with Gasteiger partial charge in [0.15, 0.2) is 0 Å². The Labute approximate surface area is 154 Å². The Hall–Kier alpha value is -2.15. The summed E-state index contributed by atoms with van der Waals surface area (Å²) in [6.07, 6.45) is 3.11. The van der Waals surface area contributed by atoms with Gasteiger partial charge >= 0.3 is 6.03 Å². The summed E-state index contributed by atoms with van der Waals surface area (Å²) in [5.41, 5.74) is 1.03. The fourth-order valence-corrected chi connectivity index (χ4v) is 3.00. The highest BCUT2D eigenvalue weighted by Crippen LogP contribution is 2.21. The van der Waals surface area contributed by atoms with E-state index >= 15 is 0 Å². The predicted octanol–water partition coefficient (Wildman–Crippen LogP) is 2.92. The van der Waals surface area contributed by atoms with Gasteiger partial charge in [-0.05, 0) is 49.8 Å². The number of methoxy groups -OCH3 is 1. The van der Waals surface area contributed by atoms with Crippen molar-refractivity contribution >= 4 is 17.6 Å². The van der Waals surface area contributed by atoms with Crippen molar-refractivity contribution in [2.24, 2.45) is 5.92 Å². The molecule has 0 bridgehead atoms. The Morgan fingerprint density at radius 3 is 2.69 bits per heavy atom. The number of likely N-dealkylation sites (tertiary alicyclic amines) is 1. The molecule has 7 heteroatoms. The van der Waals surface area contributed by atoms with Crippen molar-refractivity contribution in [2.75, 3.05) is 38.7 Å². The largest absolute Gasteiger partial charge is 0.384 e. The second-order valence-corrected chi connectivity index (χ2v) is 6.71. The maximum Gasteiger partial charge on any atom is 0.321 e. The number of amides is 3. The molecule has 6 nitrogen and oxygen atoms in total. The van der Waals surface area contributed by atoms with E-state index < -0.39 is 0 Å². The van der Waals surface area contributed by atoms with E-state index in [-0.39, 0.29) is 17.8 Å². The number of hydrogen-bond acceptors (Lipinski definition) is 3. The maximum atomic E-state index is 13.6. The van der Waals surface area contributed by atoms with Gasteiger partial charge in [0, 0.05) is 38.9 Å². The molecule has 144 valence electrons. The third kappa shape index (κ3) is 6.29. The lowest BCUT2D eigenvalue weighted by atomic mass is 9.93. The molecule has 1 heterocycles. The van der Waals surface area contributed by atoms with Gasteiger partial charge < -0.3 is 20.3 Å². The Kier molecular flexibility index (Phi) is 7.84. The van der Waals surface area contributed by atoms with Gasteiger partial charge in [-0.15, -0.1) is 0 Å². The standard InChI is InChI=1S/C19H28FN3O3/c1-14-3-4-16(13-17(14)20)22-19(25)23-10-6-15(7-11-23)5-9-21-18(24)8-12-26-2/h3-4,13,15H,5-12H2,1-2H3,(H,21,24)(H,22,25). The molecule has 1 saturated heterocycles. The fraction of sp³-hybridized carbons (Fsp3) is 0.579. The number of nitrogens with one attached hydrogen (secondary N) is 2. The molecule has 3 amide bonds. The van der Waals surface area contributed by atoms with Crippen LogP contribution in [0.3, 0.4) is 0 Å². The number of piperidine rings is 1. The molecule has 0 unspecified atom stereocenters. The topological polar surface area (TPSA) is 70.7 Å². The average molecular weight is 365 g/mol. The van der Waals surface area contributed by atoms with Crippen molar-refractivity contribution in [3.05, 3.63) is 29.6 Å². The minimum absolute atomic E-state index is 0.00833. The van der Waals surface area contributed by atoms with Crippen molar-refractivity contribution in [3.8, 4) is 0 Å². The summed E-state index contributed by atoms with van der Waals surface area (Å²) in [4.78, 5) is 25.6. The summed E-state index contributed by atoms with van der Waals surface area (Å²) in [7, 11) is 1.58. The highest BCUT2D eigenvalue weighted by atomic mass is 19.1. The highest BCUT2D eigenvalue weighted by Gasteiger charge is 2.22.